The van der Waals surface area contributed by atoms with Crippen molar-refractivity contribution in [2.75, 3.05) is 28.4 Å². The highest BCUT2D eigenvalue weighted by Crippen LogP contribution is 2.02. The molecule has 13 nitrogen and oxygen atoms in total. The fourth-order valence-corrected chi connectivity index (χ4v) is 1.99. The molecule has 0 heterocycles. The average molecular weight is 419 g/mol. The normalized spacial score (nSPS) is 13.1. The van der Waals surface area contributed by atoms with Crippen molar-refractivity contribution in [2.24, 2.45) is 5.73 Å². The standard InChI is InChI=1S/C16H25N3O10/c1-26-12(21)5-8(17)14(23)19-9(15(24)28-3)6-11(20)18-10(16(25)29-4)7-13(22)27-2/h8-10H,5-7,17H2,1-4H3,(H,18,20)(H,19,23). The minimum absolute atomic E-state index is 0.452. The fraction of sp³-hybridized carbons (Fsp3) is 0.625. The first-order valence-corrected chi connectivity index (χ1v) is 8.24. The van der Waals surface area contributed by atoms with E-state index in [1.165, 1.54) is 0 Å². The maximum Gasteiger partial charge on any atom is 0.328 e. The molecule has 0 aromatic carbocycles. The van der Waals surface area contributed by atoms with E-state index in [-0.39, 0.29) is 0 Å². The summed E-state index contributed by atoms with van der Waals surface area (Å²) in [6, 6.07) is -4.16. The Morgan fingerprint density at radius 1 is 0.690 bits per heavy atom. The van der Waals surface area contributed by atoms with Gasteiger partial charge in [-0.25, -0.2) is 9.59 Å². The Labute approximate surface area is 166 Å². The van der Waals surface area contributed by atoms with Crippen LogP contribution in [0.4, 0.5) is 0 Å². The van der Waals surface area contributed by atoms with Gasteiger partial charge < -0.3 is 35.3 Å². The average Bonchev–Trinajstić information content (AvgIpc) is 2.70. The maximum absolute atomic E-state index is 12.2. The van der Waals surface area contributed by atoms with E-state index in [4.69, 9.17) is 5.73 Å². The van der Waals surface area contributed by atoms with Crippen molar-refractivity contribution in [3.8, 4) is 0 Å². The van der Waals surface area contributed by atoms with Crippen LogP contribution in [-0.4, -0.2) is 82.3 Å². The number of rotatable bonds is 11. The number of hydrogen-bond donors (Lipinski definition) is 3. The largest absolute Gasteiger partial charge is 0.469 e. The number of nitrogens with two attached hydrogens (primary N) is 1. The van der Waals surface area contributed by atoms with Gasteiger partial charge >= 0.3 is 23.9 Å². The Hall–Kier alpha value is -3.22. The van der Waals surface area contributed by atoms with Gasteiger partial charge in [0.05, 0.1) is 53.7 Å². The molecular formula is C16H25N3O10. The molecule has 29 heavy (non-hydrogen) atoms. The molecule has 0 radical (unpaired) electrons. The van der Waals surface area contributed by atoms with Gasteiger partial charge in [-0.3, -0.25) is 19.2 Å². The van der Waals surface area contributed by atoms with Crippen LogP contribution in [0, 0.1) is 0 Å². The van der Waals surface area contributed by atoms with Gasteiger partial charge in [-0.05, 0) is 0 Å². The lowest BCUT2D eigenvalue weighted by Crippen LogP contribution is -2.52. The SMILES string of the molecule is COC(=O)CC(N)C(=O)NC(CC(=O)NC(CC(=O)OC)C(=O)OC)C(=O)OC. The van der Waals surface area contributed by atoms with Crippen LogP contribution in [0.2, 0.25) is 0 Å². The first kappa shape index (κ1) is 25.8. The second-order valence-electron chi connectivity index (χ2n) is 5.60. The van der Waals surface area contributed by atoms with E-state index in [9.17, 15) is 28.8 Å². The van der Waals surface area contributed by atoms with Gasteiger partial charge in [0.2, 0.25) is 11.8 Å². The molecule has 0 aliphatic rings. The predicted molar refractivity (Wildman–Crippen MR) is 93.8 cm³/mol. The third-order valence-electron chi connectivity index (χ3n) is 3.56. The Morgan fingerprint density at radius 2 is 1.14 bits per heavy atom. The molecule has 0 spiro atoms. The second kappa shape index (κ2) is 13.0. The molecule has 164 valence electrons. The number of ether oxygens (including phenoxy) is 4. The van der Waals surface area contributed by atoms with Gasteiger partial charge in [0.15, 0.2) is 0 Å². The smallest absolute Gasteiger partial charge is 0.328 e. The zero-order valence-electron chi connectivity index (χ0n) is 16.5. The maximum atomic E-state index is 12.2. The number of nitrogens with one attached hydrogen (secondary N) is 2. The van der Waals surface area contributed by atoms with Gasteiger partial charge in [0.1, 0.15) is 12.1 Å². The number of carbonyl (C=O) groups excluding carboxylic acids is 6. The van der Waals surface area contributed by atoms with Crippen LogP contribution in [0.3, 0.4) is 0 Å². The van der Waals surface area contributed by atoms with Gasteiger partial charge in [-0.2, -0.15) is 0 Å². The van der Waals surface area contributed by atoms with E-state index >= 15 is 0 Å². The minimum atomic E-state index is -1.47. The van der Waals surface area contributed by atoms with Crippen LogP contribution in [0.25, 0.3) is 0 Å². The monoisotopic (exact) mass is 419 g/mol. The Balaban J connectivity index is 5.11. The van der Waals surface area contributed by atoms with E-state index in [2.05, 4.69) is 29.6 Å². The number of esters is 4. The summed E-state index contributed by atoms with van der Waals surface area (Å²) in [6.45, 7) is 0. The first-order chi connectivity index (χ1) is 13.6. The highest BCUT2D eigenvalue weighted by Gasteiger charge is 2.30. The number of amides is 2. The van der Waals surface area contributed by atoms with Crippen molar-refractivity contribution < 1.29 is 47.7 Å². The van der Waals surface area contributed by atoms with Crippen LogP contribution in [0.1, 0.15) is 19.3 Å². The summed E-state index contributed by atoms with van der Waals surface area (Å²) >= 11 is 0. The lowest BCUT2D eigenvalue weighted by Gasteiger charge is -2.20. The molecule has 3 unspecified atom stereocenters. The molecule has 0 rings (SSSR count). The molecule has 0 aromatic rings. The quantitative estimate of drug-likeness (QED) is 0.231. The van der Waals surface area contributed by atoms with E-state index in [0.717, 1.165) is 28.4 Å². The zero-order chi connectivity index (χ0) is 22.6. The van der Waals surface area contributed by atoms with E-state index in [1.807, 2.05) is 0 Å². The molecule has 3 atom stereocenters. The van der Waals surface area contributed by atoms with E-state index in [0.29, 0.717) is 0 Å². The van der Waals surface area contributed by atoms with E-state index in [1.54, 1.807) is 0 Å². The van der Waals surface area contributed by atoms with Gasteiger partial charge in [0, 0.05) is 0 Å². The van der Waals surface area contributed by atoms with Gasteiger partial charge in [0.25, 0.3) is 0 Å². The first-order valence-electron chi connectivity index (χ1n) is 8.24. The molecule has 0 saturated carbocycles. The lowest BCUT2D eigenvalue weighted by molar-refractivity contribution is -0.151. The number of methoxy groups -OCH3 is 4. The molecule has 0 bridgehead atoms. The van der Waals surface area contributed by atoms with Gasteiger partial charge in [-0.15, -0.1) is 0 Å². The summed E-state index contributed by atoms with van der Waals surface area (Å²) in [7, 11) is 4.29. The van der Waals surface area contributed by atoms with Gasteiger partial charge in [-0.1, -0.05) is 0 Å². The summed E-state index contributed by atoms with van der Waals surface area (Å²) < 4.78 is 17.8. The molecule has 4 N–H and O–H groups in total. The third kappa shape index (κ3) is 9.51. The van der Waals surface area contributed by atoms with Crippen molar-refractivity contribution in [3.63, 3.8) is 0 Å². The number of hydrogen-bond acceptors (Lipinski definition) is 11. The topological polar surface area (TPSA) is 189 Å². The molecule has 0 aliphatic heterocycles. The van der Waals surface area contributed by atoms with Crippen LogP contribution >= 0.6 is 0 Å². The lowest BCUT2D eigenvalue weighted by atomic mass is 10.1. The zero-order valence-corrected chi connectivity index (χ0v) is 16.5. The summed E-state index contributed by atoms with van der Waals surface area (Å²) in [5.74, 6) is -5.20. The third-order valence-corrected chi connectivity index (χ3v) is 3.56. The summed E-state index contributed by atoms with van der Waals surface area (Å²) in [5, 5.41) is 4.39. The van der Waals surface area contributed by atoms with Crippen LogP contribution in [0.15, 0.2) is 0 Å². The highest BCUT2D eigenvalue weighted by molar-refractivity contribution is 5.94. The van der Waals surface area contributed by atoms with E-state index < -0.39 is 73.1 Å². The van der Waals surface area contributed by atoms with Crippen molar-refractivity contribution >= 4 is 35.7 Å². The minimum Gasteiger partial charge on any atom is -0.469 e. The molecule has 0 fully saturated rings. The summed E-state index contributed by atoms with van der Waals surface area (Å²) in [6.07, 6.45) is -1.60. The van der Waals surface area contributed by atoms with Crippen LogP contribution in [0.5, 0.6) is 0 Å². The van der Waals surface area contributed by atoms with Crippen LogP contribution < -0.4 is 16.4 Å². The second-order valence-corrected chi connectivity index (χ2v) is 5.60. The Kier molecular flexibility index (Phi) is 11.6. The summed E-state index contributed by atoms with van der Waals surface area (Å²) in [5.41, 5.74) is 5.54. The van der Waals surface area contributed by atoms with Crippen molar-refractivity contribution in [2.45, 2.75) is 37.4 Å². The molecule has 2 amide bonds. The number of carbonyl (C=O) groups is 6. The molecule has 0 aliphatic carbocycles. The Bertz CT molecular complexity index is 636. The Morgan fingerprint density at radius 3 is 1.59 bits per heavy atom. The summed E-state index contributed by atoms with van der Waals surface area (Å²) in [4.78, 5) is 70.4. The highest BCUT2D eigenvalue weighted by atomic mass is 16.5. The fourth-order valence-electron chi connectivity index (χ4n) is 1.99. The molecule has 13 heteroatoms. The van der Waals surface area contributed by atoms with Crippen molar-refractivity contribution in [3.05, 3.63) is 0 Å². The molecular weight excluding hydrogens is 394 g/mol. The molecule has 0 saturated heterocycles. The predicted octanol–water partition coefficient (Wildman–Crippen LogP) is -2.85. The molecule has 0 aromatic heterocycles. The van der Waals surface area contributed by atoms with Crippen molar-refractivity contribution in [1.29, 1.82) is 0 Å². The van der Waals surface area contributed by atoms with Crippen molar-refractivity contribution in [1.82, 2.24) is 10.6 Å². The van der Waals surface area contributed by atoms with Crippen LogP contribution in [-0.2, 0) is 47.7 Å².